The summed E-state index contributed by atoms with van der Waals surface area (Å²) < 4.78 is 45.2. The average Bonchev–Trinajstić information content (AvgIpc) is 4.23. The Labute approximate surface area is 444 Å². The van der Waals surface area contributed by atoms with Crippen LogP contribution in [0.3, 0.4) is 0 Å². The maximum atomic E-state index is 14.2. The fourth-order valence-corrected chi connectivity index (χ4v) is 10.8. The molecule has 0 bridgehead atoms. The molecule has 2 unspecified atom stereocenters. The highest BCUT2D eigenvalue weighted by Crippen LogP contribution is 2.35. The number of likely N-dealkylation sites (tertiary alicyclic amines) is 1. The second kappa shape index (κ2) is 24.0. The minimum atomic E-state index is -4.44. The molecule has 7 aromatic rings. The van der Waals surface area contributed by atoms with E-state index in [0.717, 1.165) is 114 Å². The lowest BCUT2D eigenvalue weighted by Gasteiger charge is -2.35. The van der Waals surface area contributed by atoms with E-state index in [4.69, 9.17) is 0 Å². The van der Waals surface area contributed by atoms with Crippen molar-refractivity contribution in [2.45, 2.75) is 142 Å². The van der Waals surface area contributed by atoms with Crippen molar-refractivity contribution in [1.82, 2.24) is 55.2 Å². The Morgan fingerprint density at radius 1 is 0.882 bits per heavy atom. The van der Waals surface area contributed by atoms with Crippen LogP contribution in [-0.4, -0.2) is 99.2 Å². The van der Waals surface area contributed by atoms with Gasteiger partial charge in [0.05, 0.1) is 51.2 Å². The number of carbonyl (C=O) groups excluding carboxylic acids is 4. The van der Waals surface area contributed by atoms with E-state index >= 15 is 0 Å². The third-order valence-corrected chi connectivity index (χ3v) is 15.2. The van der Waals surface area contributed by atoms with Gasteiger partial charge in [-0.3, -0.25) is 28.4 Å². The molecular weight excluding hydrogens is 996 g/mol. The first-order valence-electron chi connectivity index (χ1n) is 26.2. The van der Waals surface area contributed by atoms with E-state index in [-0.39, 0.29) is 43.1 Å². The van der Waals surface area contributed by atoms with E-state index in [1.807, 2.05) is 75.3 Å². The van der Waals surface area contributed by atoms with Crippen LogP contribution in [0.2, 0.25) is 0 Å². The maximum absolute atomic E-state index is 14.2. The van der Waals surface area contributed by atoms with Gasteiger partial charge in [0.25, 0.3) is 5.91 Å². The number of β-amino-alcohol motifs (C(OH)–C–C–N with tert-alkyl or cyclic N) is 1. The quantitative estimate of drug-likeness (QED) is 0.0479. The molecule has 4 atom stereocenters. The Morgan fingerprint density at radius 2 is 1.61 bits per heavy atom. The smallest absolute Gasteiger partial charge is 0.391 e. The van der Waals surface area contributed by atoms with Crippen LogP contribution in [0.5, 0.6) is 0 Å². The summed E-state index contributed by atoms with van der Waals surface area (Å²) in [4.78, 5) is 61.3. The Balaban J connectivity index is 0.721. The molecule has 3 aromatic carbocycles. The number of hydrogen-bond donors (Lipinski definition) is 4. The van der Waals surface area contributed by atoms with Crippen molar-refractivity contribution >= 4 is 56.9 Å². The predicted molar refractivity (Wildman–Crippen MR) is 287 cm³/mol. The molecule has 76 heavy (non-hydrogen) atoms. The zero-order valence-electron chi connectivity index (χ0n) is 44.0. The van der Waals surface area contributed by atoms with Crippen molar-refractivity contribution in [3.8, 4) is 16.1 Å². The monoisotopic (exact) mass is 1060 g/mol. The zero-order valence-corrected chi connectivity index (χ0v) is 44.8. The van der Waals surface area contributed by atoms with Crippen molar-refractivity contribution in [2.24, 2.45) is 12.5 Å². The largest absolute Gasteiger partial charge is 0.416 e. The van der Waals surface area contributed by atoms with Gasteiger partial charge in [-0.2, -0.15) is 18.3 Å². The van der Waals surface area contributed by atoms with Crippen molar-refractivity contribution < 1.29 is 37.5 Å². The van der Waals surface area contributed by atoms with Crippen LogP contribution in [0.15, 0.2) is 84.6 Å². The number of aliphatic hydroxyl groups excluding tert-OH is 1. The Kier molecular flexibility index (Phi) is 17.4. The molecule has 0 aliphatic carbocycles. The number of aryl methyl sites for hydroxylation is 4. The first kappa shape index (κ1) is 55.3. The normalized spacial score (nSPS) is 15.8. The predicted octanol–water partition coefficient (Wildman–Crippen LogP) is 9.41. The number of aromatic nitrogens is 7. The lowest BCUT2D eigenvalue weighted by Crippen LogP contribution is -2.57. The standard InChI is InChI=1S/C56H68F3N11O5S/c1-35(37-17-19-38(20-18-37)49-36(2)61-34-76-49)63-53(74)47-30-43(71)32-68(47)54(75)50(55(3,4)5)64-48(72)16-12-10-11-15-42-31-62-66-69(42)28-14-9-7-8-13-27-60-52(73)39-21-26-46-44(29-39)45-33-67(6)65-51(45)70(46)41-24-22-40(23-25-41)56(57,58)59/h17-26,29,31,33-35,43,47,50,71H,7-16,27-28,30,32H2,1-6H3,(H,60,73)(H,63,74)(H,64,72)/t35?,43-,47+,50?/m1/s1. The highest BCUT2D eigenvalue weighted by atomic mass is 32.1. The van der Waals surface area contributed by atoms with Crippen LogP contribution < -0.4 is 16.0 Å². The van der Waals surface area contributed by atoms with E-state index < -0.39 is 41.2 Å². The van der Waals surface area contributed by atoms with Gasteiger partial charge >= 0.3 is 6.18 Å². The number of nitrogens with zero attached hydrogens (tertiary/aromatic N) is 8. The van der Waals surface area contributed by atoms with Gasteiger partial charge < -0.3 is 26.0 Å². The molecule has 1 fully saturated rings. The highest BCUT2D eigenvalue weighted by Gasteiger charge is 2.44. The molecule has 4 N–H and O–H groups in total. The van der Waals surface area contributed by atoms with Gasteiger partial charge in [-0.25, -0.2) is 9.67 Å². The number of aliphatic hydroxyl groups is 1. The molecule has 1 aliphatic rings. The van der Waals surface area contributed by atoms with Crippen molar-refractivity contribution in [2.75, 3.05) is 13.1 Å². The van der Waals surface area contributed by atoms with E-state index in [2.05, 4.69) is 36.3 Å². The summed E-state index contributed by atoms with van der Waals surface area (Å²) in [6.07, 6.45) is 6.34. The molecule has 4 aromatic heterocycles. The number of carbonyl (C=O) groups is 4. The number of fused-ring (bicyclic) bond motifs is 3. The summed E-state index contributed by atoms with van der Waals surface area (Å²) in [6.45, 7) is 10.7. The number of thiazole rings is 1. The SMILES string of the molecule is Cc1ncsc1-c1ccc(C(C)NC(=O)[C@@H]2C[C@@H](O)CN2C(=O)C(NC(=O)CCCCCc2cnnn2CCCCCCCNC(=O)c2ccc3c(c2)c2cn(C)nc2n3-c2ccc(C(F)(F)F)cc2)C(C)(C)C)cc1. The number of alkyl halides is 3. The third kappa shape index (κ3) is 13.2. The summed E-state index contributed by atoms with van der Waals surface area (Å²) in [5, 5.41) is 34.3. The molecule has 0 spiro atoms. The number of nitrogens with one attached hydrogen (secondary N) is 3. The molecule has 4 amide bonds. The first-order valence-corrected chi connectivity index (χ1v) is 27.0. The molecule has 0 saturated carbocycles. The molecule has 5 heterocycles. The van der Waals surface area contributed by atoms with Gasteiger partial charge in [0.15, 0.2) is 5.65 Å². The van der Waals surface area contributed by atoms with Crippen LogP contribution in [0.25, 0.3) is 38.1 Å². The Bertz CT molecular complexity index is 3140. The summed E-state index contributed by atoms with van der Waals surface area (Å²) in [5.41, 5.74) is 6.72. The average molecular weight is 1060 g/mol. The molecule has 20 heteroatoms. The summed E-state index contributed by atoms with van der Waals surface area (Å²) in [6, 6.07) is 16.1. The maximum Gasteiger partial charge on any atom is 0.416 e. The van der Waals surface area contributed by atoms with Crippen molar-refractivity contribution in [3.63, 3.8) is 0 Å². The fraction of sp³-hybridized carbons (Fsp3) is 0.464. The molecule has 404 valence electrons. The molecule has 16 nitrogen and oxygen atoms in total. The van der Waals surface area contributed by atoms with E-state index in [1.165, 1.54) is 17.0 Å². The van der Waals surface area contributed by atoms with Gasteiger partial charge in [-0.05, 0) is 105 Å². The number of amides is 4. The van der Waals surface area contributed by atoms with E-state index in [9.17, 15) is 37.5 Å². The lowest BCUT2D eigenvalue weighted by molar-refractivity contribution is -0.144. The van der Waals surface area contributed by atoms with Gasteiger partial charge in [0.2, 0.25) is 17.7 Å². The second-order valence-electron chi connectivity index (χ2n) is 21.1. The van der Waals surface area contributed by atoms with Crippen LogP contribution >= 0.6 is 11.3 Å². The second-order valence-corrected chi connectivity index (χ2v) is 21.9. The number of rotatable bonds is 22. The zero-order chi connectivity index (χ0) is 54.3. The molecular formula is C56H68F3N11O5S. The minimum Gasteiger partial charge on any atom is -0.391 e. The summed E-state index contributed by atoms with van der Waals surface area (Å²) in [7, 11) is 1.77. The van der Waals surface area contributed by atoms with E-state index in [0.29, 0.717) is 29.9 Å². The lowest BCUT2D eigenvalue weighted by atomic mass is 9.85. The Morgan fingerprint density at radius 3 is 2.32 bits per heavy atom. The topological polar surface area (TPSA) is 194 Å². The molecule has 0 radical (unpaired) electrons. The number of hydrogen-bond acceptors (Lipinski definition) is 10. The summed E-state index contributed by atoms with van der Waals surface area (Å²) in [5.74, 6) is -1.19. The third-order valence-electron chi connectivity index (χ3n) is 14.2. The van der Waals surface area contributed by atoms with Gasteiger partial charge in [0.1, 0.15) is 12.1 Å². The molecule has 1 aliphatic heterocycles. The van der Waals surface area contributed by atoms with E-state index in [1.54, 1.807) is 52.0 Å². The minimum absolute atomic E-state index is 0.00202. The summed E-state index contributed by atoms with van der Waals surface area (Å²) >= 11 is 1.57. The van der Waals surface area contributed by atoms with Gasteiger partial charge in [-0.1, -0.05) is 75.9 Å². The number of halogens is 3. The highest BCUT2D eigenvalue weighted by molar-refractivity contribution is 7.13. The van der Waals surface area contributed by atoms with Crippen molar-refractivity contribution in [3.05, 3.63) is 113 Å². The molecule has 8 rings (SSSR count). The Hall–Kier alpha value is -6.93. The van der Waals surface area contributed by atoms with Crippen LogP contribution in [0.4, 0.5) is 13.2 Å². The van der Waals surface area contributed by atoms with Crippen LogP contribution in [0.1, 0.15) is 131 Å². The van der Waals surface area contributed by atoms with Crippen LogP contribution in [-0.2, 0) is 40.6 Å². The number of unbranched alkanes of at least 4 members (excludes halogenated alkanes) is 6. The van der Waals surface area contributed by atoms with Gasteiger partial charge in [-0.15, -0.1) is 16.4 Å². The van der Waals surface area contributed by atoms with Crippen molar-refractivity contribution in [1.29, 1.82) is 0 Å². The first-order chi connectivity index (χ1) is 36.3. The van der Waals surface area contributed by atoms with Crippen LogP contribution in [0, 0.1) is 12.3 Å². The number of benzene rings is 3. The molecule has 1 saturated heterocycles. The van der Waals surface area contributed by atoms with Gasteiger partial charge in [0, 0.05) is 67.7 Å². The fourth-order valence-electron chi connectivity index (χ4n) is 9.99.